The number of nitrogens with zero attached hydrogens (tertiary/aromatic N) is 1. The van der Waals surface area contributed by atoms with Crippen molar-refractivity contribution in [3.05, 3.63) is 28.8 Å². The molecule has 0 radical (unpaired) electrons. The van der Waals surface area contributed by atoms with Crippen molar-refractivity contribution in [1.29, 1.82) is 0 Å². The van der Waals surface area contributed by atoms with Crippen LogP contribution < -0.4 is 10.6 Å². The number of rotatable bonds is 2. The molecule has 1 aliphatic rings. The van der Waals surface area contributed by atoms with Gasteiger partial charge in [-0.05, 0) is 31.5 Å². The van der Waals surface area contributed by atoms with Crippen LogP contribution in [0.3, 0.4) is 0 Å². The van der Waals surface area contributed by atoms with Gasteiger partial charge >= 0.3 is 0 Å². The minimum Gasteiger partial charge on any atom is -0.377 e. The number of hydrogen-bond acceptors (Lipinski definition) is 3. The highest BCUT2D eigenvalue weighted by molar-refractivity contribution is 6.31. The molecule has 2 rings (SSSR count). The van der Waals surface area contributed by atoms with Crippen molar-refractivity contribution in [1.82, 2.24) is 0 Å². The summed E-state index contributed by atoms with van der Waals surface area (Å²) in [6.07, 6.45) is 0. The number of halogens is 1. The van der Waals surface area contributed by atoms with Crippen LogP contribution in [0.15, 0.2) is 18.2 Å². The Morgan fingerprint density at radius 3 is 2.88 bits per heavy atom. The first-order valence-electron chi connectivity index (χ1n) is 5.99. The third kappa shape index (κ3) is 2.73. The summed E-state index contributed by atoms with van der Waals surface area (Å²) in [5, 5.41) is 0.746. The topological polar surface area (TPSA) is 38.5 Å². The van der Waals surface area contributed by atoms with Crippen LogP contribution >= 0.6 is 11.6 Å². The number of morpholine rings is 1. The molecule has 1 heterocycles. The minimum absolute atomic E-state index is 0.0290. The maximum Gasteiger partial charge on any atom is 0.0668 e. The van der Waals surface area contributed by atoms with Crippen LogP contribution in [0.5, 0.6) is 0 Å². The van der Waals surface area contributed by atoms with E-state index in [1.807, 2.05) is 19.1 Å². The van der Waals surface area contributed by atoms with E-state index in [2.05, 4.69) is 17.9 Å². The van der Waals surface area contributed by atoms with Gasteiger partial charge in [0, 0.05) is 29.3 Å². The van der Waals surface area contributed by atoms with Crippen LogP contribution in [-0.4, -0.2) is 25.8 Å². The monoisotopic (exact) mass is 254 g/mol. The highest BCUT2D eigenvalue weighted by Crippen LogP contribution is 2.28. The van der Waals surface area contributed by atoms with Crippen molar-refractivity contribution in [2.24, 2.45) is 5.73 Å². The maximum absolute atomic E-state index is 6.25. The molecule has 2 unspecified atom stereocenters. The molecule has 1 saturated heterocycles. The van der Waals surface area contributed by atoms with E-state index in [9.17, 15) is 0 Å². The second-order valence-electron chi connectivity index (χ2n) is 4.61. The van der Waals surface area contributed by atoms with Gasteiger partial charge in [0.1, 0.15) is 0 Å². The Morgan fingerprint density at radius 2 is 2.29 bits per heavy atom. The Labute approximate surface area is 107 Å². The molecule has 0 aromatic heterocycles. The Morgan fingerprint density at radius 1 is 1.53 bits per heavy atom. The van der Waals surface area contributed by atoms with Gasteiger partial charge in [-0.3, -0.25) is 0 Å². The van der Waals surface area contributed by atoms with Gasteiger partial charge in [-0.2, -0.15) is 0 Å². The molecule has 0 aliphatic carbocycles. The van der Waals surface area contributed by atoms with E-state index in [0.29, 0.717) is 6.04 Å². The average Bonchev–Trinajstić information content (AvgIpc) is 2.29. The van der Waals surface area contributed by atoms with Gasteiger partial charge < -0.3 is 15.4 Å². The number of nitrogens with two attached hydrogens (primary N) is 1. The summed E-state index contributed by atoms with van der Waals surface area (Å²) in [6.45, 7) is 6.56. The van der Waals surface area contributed by atoms with E-state index in [4.69, 9.17) is 22.1 Å². The Hall–Kier alpha value is -0.770. The molecule has 1 aliphatic heterocycles. The minimum atomic E-state index is -0.0290. The molecule has 0 saturated carbocycles. The number of ether oxygens (including phenoxy) is 1. The van der Waals surface area contributed by atoms with Crippen molar-refractivity contribution in [2.45, 2.75) is 25.9 Å². The standard InChI is InChI=1S/C13H19ClN2O/c1-9-8-17-6-5-16(9)11-3-4-12(10(2)15)13(14)7-11/h3-4,7,9-10H,5-6,8,15H2,1-2H3. The Bertz CT molecular complexity index is 395. The third-order valence-electron chi connectivity index (χ3n) is 3.17. The van der Waals surface area contributed by atoms with E-state index < -0.39 is 0 Å². The van der Waals surface area contributed by atoms with Crippen molar-refractivity contribution >= 4 is 17.3 Å². The van der Waals surface area contributed by atoms with E-state index in [1.54, 1.807) is 0 Å². The van der Waals surface area contributed by atoms with Crippen molar-refractivity contribution < 1.29 is 4.74 Å². The third-order valence-corrected chi connectivity index (χ3v) is 3.50. The van der Waals surface area contributed by atoms with Gasteiger partial charge in [0.2, 0.25) is 0 Å². The maximum atomic E-state index is 6.25. The van der Waals surface area contributed by atoms with Gasteiger partial charge in [-0.15, -0.1) is 0 Å². The first-order valence-corrected chi connectivity index (χ1v) is 6.37. The fourth-order valence-corrected chi connectivity index (χ4v) is 2.52. The molecule has 1 fully saturated rings. The molecule has 0 amide bonds. The number of anilines is 1. The summed E-state index contributed by atoms with van der Waals surface area (Å²) in [5.74, 6) is 0. The number of benzene rings is 1. The van der Waals surface area contributed by atoms with Crippen LogP contribution in [0, 0.1) is 0 Å². The first-order chi connectivity index (χ1) is 8.09. The average molecular weight is 255 g/mol. The van der Waals surface area contributed by atoms with E-state index in [0.717, 1.165) is 36.0 Å². The molecule has 3 nitrogen and oxygen atoms in total. The smallest absolute Gasteiger partial charge is 0.0668 e. The van der Waals surface area contributed by atoms with Gasteiger partial charge in [0.15, 0.2) is 0 Å². The van der Waals surface area contributed by atoms with Crippen LogP contribution in [0.25, 0.3) is 0 Å². The van der Waals surface area contributed by atoms with Crippen LogP contribution in [0.1, 0.15) is 25.5 Å². The Kier molecular flexibility index (Phi) is 3.92. The van der Waals surface area contributed by atoms with Gasteiger partial charge in [-0.1, -0.05) is 17.7 Å². The SMILES string of the molecule is CC(N)c1ccc(N2CCOCC2C)cc1Cl. The van der Waals surface area contributed by atoms with Gasteiger partial charge in [-0.25, -0.2) is 0 Å². The van der Waals surface area contributed by atoms with Gasteiger partial charge in [0.05, 0.1) is 13.2 Å². The van der Waals surface area contributed by atoms with E-state index in [-0.39, 0.29) is 6.04 Å². The zero-order chi connectivity index (χ0) is 12.4. The molecule has 1 aromatic rings. The molecule has 0 spiro atoms. The summed E-state index contributed by atoms with van der Waals surface area (Å²) < 4.78 is 5.43. The summed E-state index contributed by atoms with van der Waals surface area (Å²) in [5.41, 5.74) is 8.00. The molecular formula is C13H19ClN2O. The lowest BCUT2D eigenvalue weighted by atomic mass is 10.1. The second kappa shape index (κ2) is 5.25. The quantitative estimate of drug-likeness (QED) is 0.882. The fraction of sp³-hybridized carbons (Fsp3) is 0.538. The van der Waals surface area contributed by atoms with E-state index in [1.165, 1.54) is 0 Å². The molecule has 17 heavy (non-hydrogen) atoms. The molecule has 1 aromatic carbocycles. The highest BCUT2D eigenvalue weighted by Gasteiger charge is 2.19. The summed E-state index contributed by atoms with van der Waals surface area (Å²) in [4.78, 5) is 2.32. The van der Waals surface area contributed by atoms with E-state index >= 15 is 0 Å². The lowest BCUT2D eigenvalue weighted by molar-refractivity contribution is 0.0989. The van der Waals surface area contributed by atoms with Crippen molar-refractivity contribution in [3.63, 3.8) is 0 Å². The predicted molar refractivity (Wildman–Crippen MR) is 71.7 cm³/mol. The van der Waals surface area contributed by atoms with Crippen molar-refractivity contribution in [3.8, 4) is 0 Å². The molecule has 0 bridgehead atoms. The zero-order valence-corrected chi connectivity index (χ0v) is 11.1. The molecule has 94 valence electrons. The summed E-state index contributed by atoms with van der Waals surface area (Å²) >= 11 is 6.25. The number of hydrogen-bond donors (Lipinski definition) is 1. The predicted octanol–water partition coefficient (Wildman–Crippen LogP) is 2.58. The van der Waals surface area contributed by atoms with Gasteiger partial charge in [0.25, 0.3) is 0 Å². The molecule has 4 heteroatoms. The summed E-state index contributed by atoms with van der Waals surface area (Å²) in [7, 11) is 0. The first kappa shape index (κ1) is 12.7. The van der Waals surface area contributed by atoms with Crippen LogP contribution in [0.4, 0.5) is 5.69 Å². The lowest BCUT2D eigenvalue weighted by Gasteiger charge is -2.35. The zero-order valence-electron chi connectivity index (χ0n) is 10.3. The molecular weight excluding hydrogens is 236 g/mol. The van der Waals surface area contributed by atoms with Crippen molar-refractivity contribution in [2.75, 3.05) is 24.7 Å². The lowest BCUT2D eigenvalue weighted by Crippen LogP contribution is -2.43. The normalized spacial score (nSPS) is 22.6. The summed E-state index contributed by atoms with van der Waals surface area (Å²) in [6, 6.07) is 6.47. The van der Waals surface area contributed by atoms with Crippen LogP contribution in [-0.2, 0) is 4.74 Å². The van der Waals surface area contributed by atoms with Crippen LogP contribution in [0.2, 0.25) is 5.02 Å². The molecule has 2 N–H and O–H groups in total. The largest absolute Gasteiger partial charge is 0.377 e. The second-order valence-corrected chi connectivity index (χ2v) is 5.02. The fourth-order valence-electron chi connectivity index (χ4n) is 2.17. The molecule has 2 atom stereocenters. The Balaban J connectivity index is 2.24. The highest BCUT2D eigenvalue weighted by atomic mass is 35.5.